The van der Waals surface area contributed by atoms with Gasteiger partial charge in [-0.15, -0.1) is 11.6 Å². The number of rotatable bonds is 9. The molecule has 19 heteroatoms. The van der Waals surface area contributed by atoms with Crippen molar-refractivity contribution in [3.8, 4) is 6.07 Å². The number of carbonyl (C=O) groups excluding carboxylic acids is 1. The molecule has 8 rings (SSSR count). The zero-order valence-electron chi connectivity index (χ0n) is 45.0. The van der Waals surface area contributed by atoms with Gasteiger partial charge >= 0.3 is 0 Å². The molecule has 0 aromatic carbocycles. The zero-order valence-corrected chi connectivity index (χ0v) is 49.7. The fraction of sp³-hybridized carbons (Fsp3) is 0.691. The van der Waals surface area contributed by atoms with E-state index in [4.69, 9.17) is 32.8 Å². The molecule has 14 nitrogen and oxygen atoms in total. The average molecular weight is 1180 g/mol. The number of aromatic nitrogens is 2. The summed E-state index contributed by atoms with van der Waals surface area (Å²) in [5.74, 6) is 0.509. The molecule has 0 saturated carbocycles. The van der Waals surface area contributed by atoms with Crippen molar-refractivity contribution in [1.82, 2.24) is 39.4 Å². The summed E-state index contributed by atoms with van der Waals surface area (Å²) in [6, 6.07) is 13.6. The summed E-state index contributed by atoms with van der Waals surface area (Å²) in [4.78, 5) is 34.8. The molecule has 0 radical (unpaired) electrons. The number of likely N-dealkylation sites (N-methyl/N-ethyl adjacent to an activating group) is 2. The maximum absolute atomic E-state index is 9.75. The third-order valence-electron chi connectivity index (χ3n) is 14.1. The van der Waals surface area contributed by atoms with Crippen LogP contribution in [-0.4, -0.2) is 191 Å². The normalized spacial score (nSPS) is 24.7. The highest BCUT2D eigenvalue weighted by atomic mass is 79.9. The number of carbonyl (C=O) groups is 1. The van der Waals surface area contributed by atoms with Gasteiger partial charge in [-0.3, -0.25) is 24.5 Å². The Morgan fingerprint density at radius 2 is 1.31 bits per heavy atom. The van der Waals surface area contributed by atoms with Crippen molar-refractivity contribution in [3.63, 3.8) is 0 Å². The van der Waals surface area contributed by atoms with Gasteiger partial charge in [-0.1, -0.05) is 37.8 Å². The maximum atomic E-state index is 9.75. The first kappa shape index (κ1) is 71.6. The quantitative estimate of drug-likeness (QED) is 0.0467. The molecule has 2 aromatic heterocycles. The molecular weight excluding hydrogens is 1080 g/mol. The molecule has 6 fully saturated rings. The van der Waals surface area contributed by atoms with E-state index in [0.717, 1.165) is 42.7 Å². The van der Waals surface area contributed by atoms with Gasteiger partial charge in [0, 0.05) is 83.0 Å². The Labute approximate surface area is 474 Å². The SMILES string of the molecule is C.C/C=C/C(O)C(C#N)[C@@H]1CCCN1C.C/C=C/C=O.CN1CCC[C@H]1CCl.CN1CCC[C@H]1CO.CN1CCC[C@H]1c1cccnc1.CN1CCC[C@H]1c1cccnc1Br.O=S(Cl)Cl.[C-]#[N+]C[C@@H]1CCCN1C.[HH]. The topological polar surface area (TPSA) is 148 Å². The number of likely N-dealkylation sites (tertiary alicyclic amines) is 6. The van der Waals surface area contributed by atoms with Crippen LogP contribution in [-0.2, 0) is 14.0 Å². The van der Waals surface area contributed by atoms with Crippen LogP contribution in [0.3, 0.4) is 0 Å². The second kappa shape index (κ2) is 43.6. The number of allylic oxidation sites excluding steroid dienone is 3. The lowest BCUT2D eigenvalue weighted by Gasteiger charge is -2.26. The van der Waals surface area contributed by atoms with E-state index in [-0.39, 0.29) is 20.8 Å². The van der Waals surface area contributed by atoms with Crippen LogP contribution in [0.25, 0.3) is 4.85 Å². The number of hydrogen-bond donors (Lipinski definition) is 2. The standard InChI is InChI=1S/C11H18N2O.C10H13BrN2.C10H14N2.C7H12N2.C6H12ClN.C6H13NO.C4H6O.CH4.Cl2OS.H2/c1-3-5-11(14)9(8-12)10-6-4-7-13(10)2;1-13-7-3-5-9(13)8-4-2-6-12-10(8)11;1-12-7-3-5-10(12)9-4-2-6-11-8-9;1-8-6-7-4-3-5-9(7)2;1-8-4-2-3-6(8)5-7;1-7-4-2-3-6(7)5-8;1-2-3-4-5;;1-4(2)3;/h3,5,9-11,14H,4,6-7H2,1-2H3;2,4,6,9H,3,5,7H2,1H3;2,4,6,8,10H,3,5,7H2,1H3;7H,3-6H2,2H3;6H,2-5H2,1H3;6,8H,2-5H2,1H3;2-4H,1H3;1H4;;1H/b5-3+;;;;;;3-2+;;;/t9?,10-,11?;9-;10-;7-;2*6-;;;;/m000000..../s1. The van der Waals surface area contributed by atoms with Gasteiger partial charge in [-0.05, 0) is 212 Å². The lowest BCUT2D eigenvalue weighted by atomic mass is 9.93. The first-order chi connectivity index (χ1) is 35.0. The van der Waals surface area contributed by atoms with E-state index >= 15 is 0 Å². The Hall–Kier alpha value is -2.39. The molecule has 6 aliphatic heterocycles. The second-order valence-electron chi connectivity index (χ2n) is 19.2. The van der Waals surface area contributed by atoms with Gasteiger partial charge in [0.05, 0.1) is 30.7 Å². The highest BCUT2D eigenvalue weighted by Crippen LogP contribution is 2.33. The molecule has 422 valence electrons. The third-order valence-corrected chi connectivity index (χ3v) is 15.2. The highest BCUT2D eigenvalue weighted by Gasteiger charge is 2.33. The molecule has 2 unspecified atom stereocenters. The van der Waals surface area contributed by atoms with Crippen LogP contribution in [0, 0.1) is 23.8 Å². The molecular formula is C55H94BrCl3N10O4S. The molecule has 0 aliphatic carbocycles. The van der Waals surface area contributed by atoms with Crippen LogP contribution < -0.4 is 0 Å². The summed E-state index contributed by atoms with van der Waals surface area (Å²) in [6.45, 7) is 18.4. The number of halogens is 4. The van der Waals surface area contributed by atoms with Crippen molar-refractivity contribution in [1.29, 1.82) is 5.26 Å². The van der Waals surface area contributed by atoms with Crippen LogP contribution in [0.4, 0.5) is 0 Å². The van der Waals surface area contributed by atoms with Gasteiger partial charge in [0.2, 0.25) is 15.8 Å². The summed E-state index contributed by atoms with van der Waals surface area (Å²) in [7, 11) is 20.0. The second-order valence-corrected chi connectivity index (χ2v) is 22.7. The Balaban J connectivity index is 0. The molecule has 8 heterocycles. The summed E-state index contributed by atoms with van der Waals surface area (Å²) < 4.78 is 10.1. The number of nitriles is 1. The van der Waals surface area contributed by atoms with Crippen molar-refractivity contribution in [2.75, 3.05) is 101 Å². The van der Waals surface area contributed by atoms with Gasteiger partial charge in [0.25, 0.3) is 0 Å². The molecule has 0 spiro atoms. The summed E-state index contributed by atoms with van der Waals surface area (Å²) in [5, 5.41) is 27.5. The van der Waals surface area contributed by atoms with Crippen LogP contribution in [0.1, 0.15) is 123 Å². The molecule has 8 atom stereocenters. The Morgan fingerprint density at radius 3 is 1.66 bits per heavy atom. The minimum Gasteiger partial charge on any atom is -0.395 e. The van der Waals surface area contributed by atoms with E-state index in [0.29, 0.717) is 43.4 Å². The number of aldehydes is 1. The lowest BCUT2D eigenvalue weighted by Crippen LogP contribution is -2.37. The van der Waals surface area contributed by atoms with E-state index in [1.807, 2.05) is 44.7 Å². The van der Waals surface area contributed by atoms with Gasteiger partial charge in [-0.25, -0.2) is 15.8 Å². The Morgan fingerprint density at radius 1 is 0.811 bits per heavy atom. The largest absolute Gasteiger partial charge is 0.395 e. The molecule has 74 heavy (non-hydrogen) atoms. The summed E-state index contributed by atoms with van der Waals surface area (Å²) >= 11 is 9.16. The molecule has 0 amide bonds. The number of pyridine rings is 2. The molecule has 2 aromatic rings. The molecule has 6 aliphatic rings. The first-order valence-electron chi connectivity index (χ1n) is 25.8. The third kappa shape index (κ3) is 28.8. The van der Waals surface area contributed by atoms with Crippen LogP contribution >= 0.6 is 48.9 Å². The molecule has 2 N–H and O–H groups in total. The van der Waals surface area contributed by atoms with E-state index in [9.17, 15) is 9.90 Å². The van der Waals surface area contributed by atoms with Gasteiger partial charge in [0.15, 0.2) is 0 Å². The van der Waals surface area contributed by atoms with E-state index in [2.05, 4.69) is 135 Å². The maximum Gasteiger partial charge on any atom is 0.229 e. The van der Waals surface area contributed by atoms with Crippen LogP contribution in [0.5, 0.6) is 0 Å². The Bertz CT molecular complexity index is 1900. The van der Waals surface area contributed by atoms with Crippen molar-refractivity contribution in [2.24, 2.45) is 5.92 Å². The van der Waals surface area contributed by atoms with Crippen molar-refractivity contribution in [3.05, 3.63) is 94.3 Å². The predicted molar refractivity (Wildman–Crippen MR) is 317 cm³/mol. The smallest absolute Gasteiger partial charge is 0.229 e. The first-order valence-corrected chi connectivity index (χ1v) is 29.9. The molecule has 6 saturated heterocycles. The highest BCUT2D eigenvalue weighted by molar-refractivity contribution is 9.10. The number of alkyl halides is 1. The predicted octanol–water partition coefficient (Wildman–Crippen LogP) is 10.7. The van der Waals surface area contributed by atoms with Gasteiger partial charge in [0.1, 0.15) is 10.9 Å². The van der Waals surface area contributed by atoms with Crippen molar-refractivity contribution < 1.29 is 20.6 Å². The number of nitrogens with zero attached hydrogens (tertiary/aromatic N) is 10. The van der Waals surface area contributed by atoms with Crippen molar-refractivity contribution >= 4 is 64.4 Å². The van der Waals surface area contributed by atoms with E-state index in [1.54, 1.807) is 25.2 Å². The number of aliphatic hydroxyl groups is 2. The summed E-state index contributed by atoms with van der Waals surface area (Å²) in [5.41, 5.74) is 2.68. The fourth-order valence-electron chi connectivity index (χ4n) is 9.73. The minimum atomic E-state index is -1.67. The number of aliphatic hydroxyl groups excluding tert-OH is 2. The Kier molecular flexibility index (Phi) is 42.2. The van der Waals surface area contributed by atoms with Gasteiger partial charge < -0.3 is 29.8 Å². The molecule has 0 bridgehead atoms. The zero-order chi connectivity index (χ0) is 54.6. The summed E-state index contributed by atoms with van der Waals surface area (Å²) in [6.07, 6.45) is 27.2. The monoisotopic (exact) mass is 1170 g/mol. The minimum absolute atomic E-state index is 0. The number of hydrogen-bond acceptors (Lipinski definition) is 13. The van der Waals surface area contributed by atoms with Crippen LogP contribution in [0.2, 0.25) is 0 Å². The van der Waals surface area contributed by atoms with E-state index < -0.39 is 15.3 Å². The van der Waals surface area contributed by atoms with Crippen LogP contribution in [0.15, 0.2) is 71.8 Å². The van der Waals surface area contributed by atoms with E-state index in [1.165, 1.54) is 108 Å². The lowest BCUT2D eigenvalue weighted by molar-refractivity contribution is -0.104. The van der Waals surface area contributed by atoms with Gasteiger partial charge in [-0.2, -0.15) is 5.26 Å². The van der Waals surface area contributed by atoms with Crippen molar-refractivity contribution in [2.45, 2.75) is 141 Å². The fourth-order valence-corrected chi connectivity index (χ4v) is 10.6. The average Bonchev–Trinajstić information content (AvgIpc) is 4.27.